The summed E-state index contributed by atoms with van der Waals surface area (Å²) in [5.74, 6) is 2.10. The van der Waals surface area contributed by atoms with Crippen LogP contribution in [-0.4, -0.2) is 43.0 Å². The zero-order valence-electron chi connectivity index (χ0n) is 12.1. The number of rotatable bonds is 5. The number of carbonyl (C=O) groups is 2. The van der Waals surface area contributed by atoms with Crippen LogP contribution in [0.5, 0.6) is 0 Å². The lowest BCUT2D eigenvalue weighted by molar-refractivity contribution is -0.120. The second-order valence-corrected chi connectivity index (χ2v) is 6.17. The highest BCUT2D eigenvalue weighted by Gasteiger charge is 2.16. The number of amides is 2. The molecule has 1 fully saturated rings. The highest BCUT2D eigenvalue weighted by atomic mass is 32.2. The van der Waals surface area contributed by atoms with Crippen molar-refractivity contribution in [2.24, 2.45) is 0 Å². The second-order valence-electron chi connectivity index (χ2n) is 5.03. The summed E-state index contributed by atoms with van der Waals surface area (Å²) in [6, 6.07) is 7.65. The van der Waals surface area contributed by atoms with Crippen LogP contribution in [0.25, 0.3) is 0 Å². The van der Waals surface area contributed by atoms with Gasteiger partial charge in [0, 0.05) is 43.2 Å². The van der Waals surface area contributed by atoms with Crippen LogP contribution in [0.2, 0.25) is 0 Å². The van der Waals surface area contributed by atoms with Gasteiger partial charge in [0.1, 0.15) is 0 Å². The van der Waals surface area contributed by atoms with Crippen LogP contribution in [0.3, 0.4) is 0 Å². The summed E-state index contributed by atoms with van der Waals surface area (Å²) >= 11 is 1.88. The molecule has 6 heteroatoms. The quantitative estimate of drug-likeness (QED) is 0.759. The first-order valence-electron chi connectivity index (χ1n) is 7.08. The predicted molar refractivity (Wildman–Crippen MR) is 86.6 cm³/mol. The maximum atomic E-state index is 12.0. The summed E-state index contributed by atoms with van der Waals surface area (Å²) in [4.78, 5) is 23.2. The molecule has 114 valence electrons. The molecule has 0 radical (unpaired) electrons. The SMILES string of the molecule is CNC(=O)Cc1ccc(NC(=O)CC2CSCCN2)cc1. The van der Waals surface area contributed by atoms with Crippen LogP contribution in [0, 0.1) is 0 Å². The van der Waals surface area contributed by atoms with Crippen molar-refractivity contribution in [1.29, 1.82) is 0 Å². The monoisotopic (exact) mass is 307 g/mol. The molecular formula is C15H21N3O2S. The van der Waals surface area contributed by atoms with Gasteiger partial charge in [-0.2, -0.15) is 11.8 Å². The molecule has 1 heterocycles. The minimum absolute atomic E-state index is 0.0207. The number of hydrogen-bond acceptors (Lipinski definition) is 4. The first kappa shape index (κ1) is 15.9. The fourth-order valence-corrected chi connectivity index (χ4v) is 3.12. The maximum absolute atomic E-state index is 12.0. The van der Waals surface area contributed by atoms with E-state index in [1.807, 2.05) is 36.0 Å². The van der Waals surface area contributed by atoms with E-state index in [2.05, 4.69) is 16.0 Å². The first-order chi connectivity index (χ1) is 10.2. The maximum Gasteiger partial charge on any atom is 0.225 e. The molecule has 1 unspecified atom stereocenters. The Morgan fingerprint density at radius 3 is 2.67 bits per heavy atom. The van der Waals surface area contributed by atoms with E-state index in [1.165, 1.54) is 0 Å². The lowest BCUT2D eigenvalue weighted by Crippen LogP contribution is -2.39. The van der Waals surface area contributed by atoms with Crippen LogP contribution in [0.15, 0.2) is 24.3 Å². The van der Waals surface area contributed by atoms with Gasteiger partial charge in [-0.25, -0.2) is 0 Å². The summed E-state index contributed by atoms with van der Waals surface area (Å²) in [5, 5.41) is 8.83. The van der Waals surface area contributed by atoms with Gasteiger partial charge in [-0.3, -0.25) is 9.59 Å². The van der Waals surface area contributed by atoms with Crippen molar-refractivity contribution >= 4 is 29.3 Å². The van der Waals surface area contributed by atoms with Crippen LogP contribution >= 0.6 is 11.8 Å². The Kier molecular flexibility index (Phi) is 6.07. The average Bonchev–Trinajstić information content (AvgIpc) is 2.50. The lowest BCUT2D eigenvalue weighted by atomic mass is 10.1. The van der Waals surface area contributed by atoms with Gasteiger partial charge < -0.3 is 16.0 Å². The Bertz CT molecular complexity index is 484. The molecule has 1 saturated heterocycles. The number of carbonyl (C=O) groups excluding carboxylic acids is 2. The average molecular weight is 307 g/mol. The minimum Gasteiger partial charge on any atom is -0.359 e. The number of anilines is 1. The molecule has 0 saturated carbocycles. The Hall–Kier alpha value is -1.53. The van der Waals surface area contributed by atoms with Crippen molar-refractivity contribution in [2.75, 3.05) is 30.4 Å². The van der Waals surface area contributed by atoms with E-state index in [4.69, 9.17) is 0 Å². The topological polar surface area (TPSA) is 70.2 Å². The van der Waals surface area contributed by atoms with E-state index in [1.54, 1.807) is 7.05 Å². The highest BCUT2D eigenvalue weighted by molar-refractivity contribution is 7.99. The zero-order chi connectivity index (χ0) is 15.1. The molecule has 1 aliphatic rings. The number of benzene rings is 1. The standard InChI is InChI=1S/C15H21N3O2S/c1-16-14(19)8-11-2-4-12(5-3-11)18-15(20)9-13-10-21-7-6-17-13/h2-5,13,17H,6-10H2,1H3,(H,16,19)(H,18,20). The third-order valence-electron chi connectivity index (χ3n) is 3.31. The van der Waals surface area contributed by atoms with E-state index in [9.17, 15) is 9.59 Å². The summed E-state index contributed by atoms with van der Waals surface area (Å²) in [7, 11) is 1.62. The van der Waals surface area contributed by atoms with Crippen LogP contribution < -0.4 is 16.0 Å². The van der Waals surface area contributed by atoms with Gasteiger partial charge >= 0.3 is 0 Å². The highest BCUT2D eigenvalue weighted by Crippen LogP contribution is 2.13. The van der Waals surface area contributed by atoms with Gasteiger partial charge in [0.25, 0.3) is 0 Å². The van der Waals surface area contributed by atoms with Gasteiger partial charge in [-0.1, -0.05) is 12.1 Å². The molecule has 3 N–H and O–H groups in total. The second kappa shape index (κ2) is 8.05. The Labute approximate surface area is 129 Å². The number of thioether (sulfide) groups is 1. The minimum atomic E-state index is -0.0207. The number of hydrogen-bond donors (Lipinski definition) is 3. The van der Waals surface area contributed by atoms with Crippen LogP contribution in [-0.2, 0) is 16.0 Å². The van der Waals surface area contributed by atoms with Crippen LogP contribution in [0.4, 0.5) is 5.69 Å². The molecule has 21 heavy (non-hydrogen) atoms. The molecule has 1 aliphatic heterocycles. The van der Waals surface area contributed by atoms with Crippen molar-refractivity contribution in [3.63, 3.8) is 0 Å². The zero-order valence-corrected chi connectivity index (χ0v) is 13.0. The molecule has 5 nitrogen and oxygen atoms in total. The molecule has 0 aromatic heterocycles. The molecule has 1 aromatic carbocycles. The molecule has 0 bridgehead atoms. The van der Waals surface area contributed by atoms with E-state index < -0.39 is 0 Å². The molecule has 1 atom stereocenters. The Balaban J connectivity index is 1.81. The van der Waals surface area contributed by atoms with Crippen molar-refractivity contribution < 1.29 is 9.59 Å². The van der Waals surface area contributed by atoms with E-state index in [-0.39, 0.29) is 17.9 Å². The van der Waals surface area contributed by atoms with Crippen molar-refractivity contribution in [2.45, 2.75) is 18.9 Å². The summed E-state index contributed by atoms with van der Waals surface area (Å²) in [6.45, 7) is 0.969. The number of nitrogens with one attached hydrogen (secondary N) is 3. The third-order valence-corrected chi connectivity index (χ3v) is 4.44. The molecule has 0 aliphatic carbocycles. The van der Waals surface area contributed by atoms with Crippen molar-refractivity contribution in [3.8, 4) is 0 Å². The molecule has 2 rings (SSSR count). The lowest BCUT2D eigenvalue weighted by Gasteiger charge is -2.22. The Morgan fingerprint density at radius 2 is 2.05 bits per heavy atom. The van der Waals surface area contributed by atoms with Gasteiger partial charge in [0.05, 0.1) is 6.42 Å². The molecule has 2 amide bonds. The van der Waals surface area contributed by atoms with E-state index in [0.717, 1.165) is 29.3 Å². The van der Waals surface area contributed by atoms with Gasteiger partial charge in [0.2, 0.25) is 11.8 Å². The van der Waals surface area contributed by atoms with Gasteiger partial charge in [-0.05, 0) is 17.7 Å². The fraction of sp³-hybridized carbons (Fsp3) is 0.467. The summed E-state index contributed by atoms with van der Waals surface area (Å²) in [6.07, 6.45) is 0.848. The van der Waals surface area contributed by atoms with E-state index in [0.29, 0.717) is 12.8 Å². The van der Waals surface area contributed by atoms with Crippen molar-refractivity contribution in [3.05, 3.63) is 29.8 Å². The largest absolute Gasteiger partial charge is 0.359 e. The molecule has 0 spiro atoms. The van der Waals surface area contributed by atoms with Crippen LogP contribution in [0.1, 0.15) is 12.0 Å². The van der Waals surface area contributed by atoms with Crippen molar-refractivity contribution in [1.82, 2.24) is 10.6 Å². The third kappa shape index (κ3) is 5.40. The van der Waals surface area contributed by atoms with Gasteiger partial charge in [-0.15, -0.1) is 0 Å². The fourth-order valence-electron chi connectivity index (χ4n) is 2.17. The number of likely N-dealkylation sites (N-methyl/N-ethyl adjacent to an activating group) is 1. The smallest absolute Gasteiger partial charge is 0.225 e. The first-order valence-corrected chi connectivity index (χ1v) is 8.23. The van der Waals surface area contributed by atoms with E-state index >= 15 is 0 Å². The molecular weight excluding hydrogens is 286 g/mol. The predicted octanol–water partition coefficient (Wildman–Crippen LogP) is 1.01. The van der Waals surface area contributed by atoms with Gasteiger partial charge in [0.15, 0.2) is 0 Å². The Morgan fingerprint density at radius 1 is 1.29 bits per heavy atom. The molecule has 1 aromatic rings. The summed E-state index contributed by atoms with van der Waals surface area (Å²) in [5.41, 5.74) is 1.70. The summed E-state index contributed by atoms with van der Waals surface area (Å²) < 4.78 is 0. The normalized spacial score (nSPS) is 18.0.